The SMILES string of the molecule is CCC1CCC(NC(=O)CCOCC(F)F)(C(N)=S)CC1. The zero-order valence-electron chi connectivity index (χ0n) is 12.4. The van der Waals surface area contributed by atoms with Gasteiger partial charge in [0.25, 0.3) is 6.43 Å². The van der Waals surface area contributed by atoms with Crippen LogP contribution in [0.1, 0.15) is 45.4 Å². The highest BCUT2D eigenvalue weighted by Gasteiger charge is 2.38. The Labute approximate surface area is 129 Å². The van der Waals surface area contributed by atoms with Crippen LogP contribution in [-0.4, -0.2) is 36.1 Å². The molecule has 0 bridgehead atoms. The molecule has 0 aromatic carbocycles. The number of carbonyl (C=O) groups is 1. The molecular weight excluding hydrogens is 298 g/mol. The Morgan fingerprint density at radius 2 is 2.10 bits per heavy atom. The highest BCUT2D eigenvalue weighted by atomic mass is 32.1. The molecule has 1 rings (SSSR count). The maximum Gasteiger partial charge on any atom is 0.261 e. The molecule has 0 aromatic rings. The fourth-order valence-electron chi connectivity index (χ4n) is 2.68. The van der Waals surface area contributed by atoms with Crippen LogP contribution in [0, 0.1) is 5.92 Å². The summed E-state index contributed by atoms with van der Waals surface area (Å²) in [7, 11) is 0. The highest BCUT2D eigenvalue weighted by Crippen LogP contribution is 2.34. The van der Waals surface area contributed by atoms with Crippen LogP contribution in [0.3, 0.4) is 0 Å². The molecule has 0 atom stereocenters. The number of nitrogens with two attached hydrogens (primary N) is 1. The Kier molecular flexibility index (Phi) is 7.45. The molecule has 0 aromatic heterocycles. The molecule has 0 radical (unpaired) electrons. The van der Waals surface area contributed by atoms with E-state index in [1.807, 2.05) is 0 Å². The molecule has 0 heterocycles. The second kappa shape index (κ2) is 8.58. The molecule has 7 heteroatoms. The van der Waals surface area contributed by atoms with Crippen molar-refractivity contribution in [3.63, 3.8) is 0 Å². The number of ether oxygens (including phenoxy) is 1. The average Bonchev–Trinajstić information content (AvgIpc) is 2.44. The zero-order chi connectivity index (χ0) is 15.9. The third-order valence-corrected chi connectivity index (χ3v) is 4.49. The maximum absolute atomic E-state index is 11.9. The van der Waals surface area contributed by atoms with Crippen LogP contribution < -0.4 is 11.1 Å². The van der Waals surface area contributed by atoms with Gasteiger partial charge in [-0.25, -0.2) is 8.78 Å². The Bertz CT molecular complexity index is 359. The van der Waals surface area contributed by atoms with Gasteiger partial charge in [-0.1, -0.05) is 25.6 Å². The van der Waals surface area contributed by atoms with E-state index in [9.17, 15) is 13.6 Å². The summed E-state index contributed by atoms with van der Waals surface area (Å²) in [5.41, 5.74) is 5.19. The fourth-order valence-corrected chi connectivity index (χ4v) is 2.93. The summed E-state index contributed by atoms with van der Waals surface area (Å²) in [5, 5.41) is 2.89. The summed E-state index contributed by atoms with van der Waals surface area (Å²) < 4.78 is 28.5. The molecule has 1 fully saturated rings. The molecular formula is C14H24F2N2O2S. The normalized spacial score (nSPS) is 25.8. The lowest BCUT2D eigenvalue weighted by atomic mass is 9.75. The first-order valence-corrected chi connectivity index (χ1v) is 7.77. The van der Waals surface area contributed by atoms with Gasteiger partial charge in [0.2, 0.25) is 5.91 Å². The summed E-state index contributed by atoms with van der Waals surface area (Å²) in [6, 6.07) is 0. The Balaban J connectivity index is 2.44. The van der Waals surface area contributed by atoms with Crippen molar-refractivity contribution < 1.29 is 18.3 Å². The van der Waals surface area contributed by atoms with Crippen molar-refractivity contribution in [3.8, 4) is 0 Å². The lowest BCUT2D eigenvalue weighted by Crippen LogP contribution is -2.58. The van der Waals surface area contributed by atoms with Gasteiger partial charge in [-0.15, -0.1) is 0 Å². The van der Waals surface area contributed by atoms with Gasteiger partial charge in [0.1, 0.15) is 6.61 Å². The first-order chi connectivity index (χ1) is 9.89. The smallest absolute Gasteiger partial charge is 0.261 e. The number of halogens is 2. The van der Waals surface area contributed by atoms with Gasteiger partial charge in [-0.2, -0.15) is 0 Å². The second-order valence-electron chi connectivity index (χ2n) is 5.56. The number of amides is 1. The molecule has 122 valence electrons. The molecule has 0 unspecified atom stereocenters. The molecule has 1 aliphatic carbocycles. The maximum atomic E-state index is 11.9. The Morgan fingerprint density at radius 1 is 1.48 bits per heavy atom. The van der Waals surface area contributed by atoms with Gasteiger partial charge in [0.15, 0.2) is 0 Å². The Hall–Kier alpha value is -0.820. The van der Waals surface area contributed by atoms with Gasteiger partial charge in [0.05, 0.1) is 17.1 Å². The lowest BCUT2D eigenvalue weighted by molar-refractivity contribution is -0.124. The van der Waals surface area contributed by atoms with Crippen LogP contribution in [-0.2, 0) is 9.53 Å². The van der Waals surface area contributed by atoms with E-state index in [1.165, 1.54) is 0 Å². The monoisotopic (exact) mass is 322 g/mol. The van der Waals surface area contributed by atoms with Crippen molar-refractivity contribution >= 4 is 23.1 Å². The third-order valence-electron chi connectivity index (χ3n) is 4.10. The molecule has 21 heavy (non-hydrogen) atoms. The zero-order valence-corrected chi connectivity index (χ0v) is 13.2. The van der Waals surface area contributed by atoms with E-state index in [0.29, 0.717) is 10.9 Å². The quantitative estimate of drug-likeness (QED) is 0.532. The molecule has 1 amide bonds. The number of rotatable bonds is 8. The van der Waals surface area contributed by atoms with Crippen molar-refractivity contribution in [1.82, 2.24) is 5.32 Å². The number of alkyl halides is 2. The van der Waals surface area contributed by atoms with E-state index >= 15 is 0 Å². The summed E-state index contributed by atoms with van der Waals surface area (Å²) >= 11 is 5.12. The predicted octanol–water partition coefficient (Wildman–Crippen LogP) is 2.40. The van der Waals surface area contributed by atoms with Gasteiger partial charge in [-0.05, 0) is 31.6 Å². The number of nitrogens with one attached hydrogen (secondary N) is 1. The molecule has 0 saturated heterocycles. The van der Waals surface area contributed by atoms with E-state index in [4.69, 9.17) is 22.7 Å². The van der Waals surface area contributed by atoms with Crippen molar-refractivity contribution in [1.29, 1.82) is 0 Å². The molecule has 1 saturated carbocycles. The van der Waals surface area contributed by atoms with E-state index in [0.717, 1.165) is 32.1 Å². The van der Waals surface area contributed by atoms with Crippen LogP contribution in [0.15, 0.2) is 0 Å². The molecule has 3 N–H and O–H groups in total. The summed E-state index contributed by atoms with van der Waals surface area (Å²) in [6.45, 7) is 1.48. The first-order valence-electron chi connectivity index (χ1n) is 7.36. The van der Waals surface area contributed by atoms with Crippen LogP contribution in [0.25, 0.3) is 0 Å². The minimum absolute atomic E-state index is 0.0266. The van der Waals surface area contributed by atoms with Crippen LogP contribution in [0.4, 0.5) is 8.78 Å². The highest BCUT2D eigenvalue weighted by molar-refractivity contribution is 7.80. The summed E-state index contributed by atoms with van der Waals surface area (Å²) in [4.78, 5) is 12.2. The van der Waals surface area contributed by atoms with Crippen LogP contribution >= 0.6 is 12.2 Å². The summed E-state index contributed by atoms with van der Waals surface area (Å²) in [6.07, 6.45) is 2.08. The van der Waals surface area contributed by atoms with Gasteiger partial charge in [-0.3, -0.25) is 4.79 Å². The number of thiocarbonyl (C=S) groups is 1. The lowest BCUT2D eigenvalue weighted by Gasteiger charge is -2.40. The van der Waals surface area contributed by atoms with Gasteiger partial charge >= 0.3 is 0 Å². The predicted molar refractivity (Wildman–Crippen MR) is 81.3 cm³/mol. The van der Waals surface area contributed by atoms with E-state index in [1.54, 1.807) is 0 Å². The van der Waals surface area contributed by atoms with Crippen molar-refractivity contribution in [2.24, 2.45) is 11.7 Å². The molecule has 0 aliphatic heterocycles. The molecule has 1 aliphatic rings. The van der Waals surface area contributed by atoms with Crippen molar-refractivity contribution in [2.45, 2.75) is 57.4 Å². The minimum Gasteiger partial charge on any atom is -0.391 e. The van der Waals surface area contributed by atoms with Crippen LogP contribution in [0.5, 0.6) is 0 Å². The number of hydrogen-bond acceptors (Lipinski definition) is 3. The minimum atomic E-state index is -2.51. The number of hydrogen-bond donors (Lipinski definition) is 2. The summed E-state index contributed by atoms with van der Waals surface area (Å²) in [5.74, 6) is 0.394. The van der Waals surface area contributed by atoms with E-state index in [2.05, 4.69) is 12.2 Å². The fraction of sp³-hybridized carbons (Fsp3) is 0.857. The van der Waals surface area contributed by atoms with Crippen molar-refractivity contribution in [2.75, 3.05) is 13.2 Å². The third kappa shape index (κ3) is 5.82. The van der Waals surface area contributed by atoms with E-state index in [-0.39, 0.29) is 18.9 Å². The standard InChI is InChI=1S/C14H24F2N2O2S/c1-2-10-3-6-14(7-4-10,13(17)21)18-12(19)5-8-20-9-11(15)16/h10-11H,2-9H2,1H3,(H2,17,21)(H,18,19). The average molecular weight is 322 g/mol. The largest absolute Gasteiger partial charge is 0.391 e. The van der Waals surface area contributed by atoms with E-state index < -0.39 is 18.6 Å². The number of carbonyl (C=O) groups excluding carboxylic acids is 1. The van der Waals surface area contributed by atoms with Gasteiger partial charge in [0, 0.05) is 6.42 Å². The van der Waals surface area contributed by atoms with Crippen LogP contribution in [0.2, 0.25) is 0 Å². The van der Waals surface area contributed by atoms with Crippen molar-refractivity contribution in [3.05, 3.63) is 0 Å². The topological polar surface area (TPSA) is 64.3 Å². The Morgan fingerprint density at radius 3 is 2.57 bits per heavy atom. The molecule has 0 spiro atoms. The first kappa shape index (κ1) is 18.2. The molecule has 4 nitrogen and oxygen atoms in total. The second-order valence-corrected chi connectivity index (χ2v) is 6.00. The van der Waals surface area contributed by atoms with Gasteiger partial charge < -0.3 is 15.8 Å².